The molecule has 0 aliphatic carbocycles. The molecule has 28 heavy (non-hydrogen) atoms. The Morgan fingerprint density at radius 2 is 1.64 bits per heavy atom. The van der Waals surface area contributed by atoms with E-state index in [9.17, 15) is 9.59 Å². The summed E-state index contributed by atoms with van der Waals surface area (Å²) in [6.07, 6.45) is 1.49. The van der Waals surface area contributed by atoms with Crippen LogP contribution in [0.5, 0.6) is 0 Å². The van der Waals surface area contributed by atoms with Crippen molar-refractivity contribution in [1.82, 2.24) is 15.3 Å². The Kier molecular flexibility index (Phi) is 6.18. The molecule has 2 amide bonds. The summed E-state index contributed by atoms with van der Waals surface area (Å²) in [7, 11) is 0. The van der Waals surface area contributed by atoms with Gasteiger partial charge in [-0.1, -0.05) is 11.6 Å². The highest BCUT2D eigenvalue weighted by atomic mass is 35.5. The van der Waals surface area contributed by atoms with Crippen LogP contribution in [0.1, 0.15) is 16.1 Å². The van der Waals surface area contributed by atoms with Gasteiger partial charge in [0.15, 0.2) is 0 Å². The maximum Gasteiger partial charge on any atom is 0.251 e. The summed E-state index contributed by atoms with van der Waals surface area (Å²) in [6, 6.07) is 15.4. The lowest BCUT2D eigenvalue weighted by Gasteiger charge is -2.09. The molecule has 0 bridgehead atoms. The molecule has 1 aromatic heterocycles. The number of hydrogen-bond acceptors (Lipinski definition) is 5. The molecular weight excluding hydrogens is 378 g/mol. The van der Waals surface area contributed by atoms with Crippen LogP contribution in [0.2, 0.25) is 5.02 Å². The van der Waals surface area contributed by atoms with Crippen LogP contribution in [0.3, 0.4) is 0 Å². The number of anilines is 3. The third-order valence-corrected chi connectivity index (χ3v) is 4.01. The SMILES string of the molecule is Cc1cc(Nc2ccc(NC(=O)CNC(=O)c3ccc(Cl)cc3)cc2)ncn1. The van der Waals surface area contributed by atoms with E-state index in [0.717, 1.165) is 11.4 Å². The molecule has 0 aliphatic heterocycles. The first-order valence-electron chi connectivity index (χ1n) is 8.49. The van der Waals surface area contributed by atoms with Crippen molar-refractivity contribution in [3.05, 3.63) is 77.2 Å². The fraction of sp³-hybridized carbons (Fsp3) is 0.100. The highest BCUT2D eigenvalue weighted by molar-refractivity contribution is 6.30. The summed E-state index contributed by atoms with van der Waals surface area (Å²) in [4.78, 5) is 32.2. The number of amides is 2. The molecule has 3 rings (SSSR count). The summed E-state index contributed by atoms with van der Waals surface area (Å²) in [5.41, 5.74) is 2.75. The molecule has 0 unspecified atom stereocenters. The smallest absolute Gasteiger partial charge is 0.251 e. The molecule has 8 heteroatoms. The molecule has 0 atom stereocenters. The molecule has 0 aliphatic rings. The van der Waals surface area contributed by atoms with Crippen molar-refractivity contribution in [1.29, 1.82) is 0 Å². The Morgan fingerprint density at radius 3 is 2.32 bits per heavy atom. The maximum atomic E-state index is 12.0. The molecule has 3 N–H and O–H groups in total. The maximum absolute atomic E-state index is 12.0. The number of aryl methyl sites for hydroxylation is 1. The topological polar surface area (TPSA) is 96.0 Å². The molecule has 142 valence electrons. The average molecular weight is 396 g/mol. The van der Waals surface area contributed by atoms with E-state index in [1.54, 1.807) is 36.4 Å². The van der Waals surface area contributed by atoms with E-state index in [2.05, 4.69) is 25.9 Å². The fourth-order valence-electron chi connectivity index (χ4n) is 2.38. The number of benzene rings is 2. The fourth-order valence-corrected chi connectivity index (χ4v) is 2.50. The molecule has 7 nitrogen and oxygen atoms in total. The van der Waals surface area contributed by atoms with E-state index in [1.807, 2.05) is 25.1 Å². The molecule has 1 heterocycles. The summed E-state index contributed by atoms with van der Waals surface area (Å²) >= 11 is 5.79. The van der Waals surface area contributed by atoms with Gasteiger partial charge in [-0.3, -0.25) is 9.59 Å². The number of aromatic nitrogens is 2. The summed E-state index contributed by atoms with van der Waals surface area (Å²) < 4.78 is 0. The third-order valence-electron chi connectivity index (χ3n) is 3.76. The van der Waals surface area contributed by atoms with Crippen molar-refractivity contribution in [3.63, 3.8) is 0 Å². The standard InChI is InChI=1S/C20H18ClN5O2/c1-13-10-18(24-12-23-13)25-16-6-8-17(9-7-16)26-19(27)11-22-20(28)14-2-4-15(21)5-3-14/h2-10,12H,11H2,1H3,(H,22,28)(H,26,27)(H,23,24,25). The Bertz CT molecular complexity index is 975. The van der Waals surface area contributed by atoms with E-state index < -0.39 is 0 Å². The van der Waals surface area contributed by atoms with Crippen molar-refractivity contribution in [2.24, 2.45) is 0 Å². The van der Waals surface area contributed by atoms with Crippen LogP contribution in [0.25, 0.3) is 0 Å². The summed E-state index contributed by atoms with van der Waals surface area (Å²) in [5.74, 6) is 0.0233. The second kappa shape index (κ2) is 8.96. The Balaban J connectivity index is 1.50. The van der Waals surface area contributed by atoms with Crippen molar-refractivity contribution in [3.8, 4) is 0 Å². The highest BCUT2D eigenvalue weighted by Crippen LogP contribution is 2.17. The van der Waals surface area contributed by atoms with Gasteiger partial charge in [0.05, 0.1) is 6.54 Å². The second-order valence-electron chi connectivity index (χ2n) is 5.98. The van der Waals surface area contributed by atoms with Gasteiger partial charge in [-0.15, -0.1) is 0 Å². The minimum atomic E-state index is -0.341. The lowest BCUT2D eigenvalue weighted by atomic mass is 10.2. The quantitative estimate of drug-likeness (QED) is 0.593. The van der Waals surface area contributed by atoms with Crippen LogP contribution < -0.4 is 16.0 Å². The van der Waals surface area contributed by atoms with Gasteiger partial charge >= 0.3 is 0 Å². The molecule has 2 aromatic carbocycles. The minimum absolute atomic E-state index is 0.137. The van der Waals surface area contributed by atoms with Gasteiger partial charge < -0.3 is 16.0 Å². The predicted molar refractivity (Wildman–Crippen MR) is 109 cm³/mol. The molecule has 0 radical (unpaired) electrons. The Hall–Kier alpha value is -3.45. The van der Waals surface area contributed by atoms with Crippen LogP contribution in [0, 0.1) is 6.92 Å². The van der Waals surface area contributed by atoms with Crippen molar-refractivity contribution in [2.75, 3.05) is 17.2 Å². The molecule has 3 aromatic rings. The van der Waals surface area contributed by atoms with E-state index in [4.69, 9.17) is 11.6 Å². The zero-order valence-corrected chi connectivity index (χ0v) is 15.8. The monoisotopic (exact) mass is 395 g/mol. The first-order chi connectivity index (χ1) is 13.5. The summed E-state index contributed by atoms with van der Waals surface area (Å²) in [6.45, 7) is 1.75. The minimum Gasteiger partial charge on any atom is -0.343 e. The second-order valence-corrected chi connectivity index (χ2v) is 6.42. The molecule has 0 spiro atoms. The van der Waals surface area contributed by atoms with E-state index in [0.29, 0.717) is 22.1 Å². The number of rotatable bonds is 6. The average Bonchev–Trinajstić information content (AvgIpc) is 2.68. The first-order valence-corrected chi connectivity index (χ1v) is 8.87. The number of halogens is 1. The van der Waals surface area contributed by atoms with Crippen molar-refractivity contribution >= 4 is 40.6 Å². The number of hydrogen-bond donors (Lipinski definition) is 3. The largest absolute Gasteiger partial charge is 0.343 e. The van der Waals surface area contributed by atoms with Gasteiger partial charge in [0, 0.05) is 33.7 Å². The van der Waals surface area contributed by atoms with Crippen LogP contribution in [0.15, 0.2) is 60.9 Å². The number of nitrogens with one attached hydrogen (secondary N) is 3. The lowest BCUT2D eigenvalue weighted by molar-refractivity contribution is -0.115. The van der Waals surface area contributed by atoms with E-state index in [-0.39, 0.29) is 18.4 Å². The normalized spacial score (nSPS) is 10.2. The van der Waals surface area contributed by atoms with Crippen molar-refractivity contribution < 1.29 is 9.59 Å². The van der Waals surface area contributed by atoms with E-state index >= 15 is 0 Å². The summed E-state index contributed by atoms with van der Waals surface area (Å²) in [5, 5.41) is 9.00. The van der Waals surface area contributed by atoms with Gasteiger partial charge in [-0.2, -0.15) is 0 Å². The predicted octanol–water partition coefficient (Wildman–Crippen LogP) is 3.55. The van der Waals surface area contributed by atoms with Gasteiger partial charge in [-0.05, 0) is 55.5 Å². The van der Waals surface area contributed by atoms with Crippen LogP contribution >= 0.6 is 11.6 Å². The lowest BCUT2D eigenvalue weighted by Crippen LogP contribution is -2.32. The van der Waals surface area contributed by atoms with E-state index in [1.165, 1.54) is 6.33 Å². The number of carbonyl (C=O) groups excluding carboxylic acids is 2. The molecular formula is C20H18ClN5O2. The van der Waals surface area contributed by atoms with Gasteiger partial charge in [0.25, 0.3) is 5.91 Å². The molecule has 0 saturated carbocycles. The van der Waals surface area contributed by atoms with Crippen LogP contribution in [-0.2, 0) is 4.79 Å². The van der Waals surface area contributed by atoms with Crippen LogP contribution in [-0.4, -0.2) is 28.3 Å². The van der Waals surface area contributed by atoms with Crippen molar-refractivity contribution in [2.45, 2.75) is 6.92 Å². The zero-order valence-electron chi connectivity index (χ0n) is 15.1. The molecule has 0 fully saturated rings. The third kappa shape index (κ3) is 5.52. The van der Waals surface area contributed by atoms with Crippen LogP contribution in [0.4, 0.5) is 17.2 Å². The first kappa shape index (κ1) is 19.3. The zero-order chi connectivity index (χ0) is 19.9. The van der Waals surface area contributed by atoms with Gasteiger partial charge in [0.1, 0.15) is 12.1 Å². The Labute approximate surface area is 167 Å². The Morgan fingerprint density at radius 1 is 0.964 bits per heavy atom. The number of carbonyl (C=O) groups is 2. The van der Waals surface area contributed by atoms with Gasteiger partial charge in [0.2, 0.25) is 5.91 Å². The number of nitrogens with zero attached hydrogens (tertiary/aromatic N) is 2. The van der Waals surface area contributed by atoms with Gasteiger partial charge in [-0.25, -0.2) is 9.97 Å². The highest BCUT2D eigenvalue weighted by Gasteiger charge is 2.08. The molecule has 0 saturated heterocycles.